The van der Waals surface area contributed by atoms with Gasteiger partial charge in [-0.15, -0.1) is 0 Å². The number of rotatable bonds is 4. The average Bonchev–Trinajstić information content (AvgIpc) is 3.27. The quantitative estimate of drug-likeness (QED) is 0.399. The van der Waals surface area contributed by atoms with E-state index in [4.69, 9.17) is 23.4 Å². The van der Waals surface area contributed by atoms with Gasteiger partial charge in [0.15, 0.2) is 0 Å². The number of ether oxygens (including phenoxy) is 4. The zero-order valence-electron chi connectivity index (χ0n) is 25.1. The number of aliphatic hydroxyl groups excluding tert-OH is 2. The Labute approximate surface area is 245 Å². The fraction of sp³-hybridized carbons (Fsp3) is 0.781. The highest BCUT2D eigenvalue weighted by Crippen LogP contribution is 2.82. The molecule has 1 spiro atoms. The van der Waals surface area contributed by atoms with Crippen molar-refractivity contribution >= 4 is 17.7 Å². The van der Waals surface area contributed by atoms with Gasteiger partial charge in [-0.1, -0.05) is 27.7 Å². The van der Waals surface area contributed by atoms with Crippen LogP contribution in [0.2, 0.25) is 0 Å². The summed E-state index contributed by atoms with van der Waals surface area (Å²) >= 11 is 0. The first-order chi connectivity index (χ1) is 19.7. The summed E-state index contributed by atoms with van der Waals surface area (Å²) in [5, 5.41) is 24.3. The molecule has 230 valence electrons. The molecule has 2 bridgehead atoms. The largest absolute Gasteiger partial charge is 0.472 e. The van der Waals surface area contributed by atoms with Gasteiger partial charge in [-0.25, -0.2) is 0 Å². The Morgan fingerprint density at radius 1 is 1.07 bits per heavy atom. The molecule has 0 aromatic carbocycles. The third-order valence-corrected chi connectivity index (χ3v) is 12.8. The molecule has 2 saturated heterocycles. The van der Waals surface area contributed by atoms with Crippen LogP contribution in [0, 0.1) is 39.4 Å². The van der Waals surface area contributed by atoms with E-state index >= 15 is 0 Å². The molecule has 4 aliphatic carbocycles. The number of hydrogen-bond acceptors (Lipinski definition) is 10. The second kappa shape index (κ2) is 8.67. The standard InChI is InChI=1S/C32H42O10/c1-15(2)26(37)41-27-29(5)20-10-21(35)30(6)25(31(20,14-39-27)22(36)11-23(29)40-16(3)33)19(34)12-28(4)18(17-7-8-38-13-17)9-24-32(28,30)42-24/h7-8,13,15,18,20-25,27,35-36H,9-12,14H2,1-6H3/t18-,20-,21+,22-,23+,24+,25-,27+,28-,29+,30+,31+,32+/m0/s1. The molecule has 10 nitrogen and oxygen atoms in total. The van der Waals surface area contributed by atoms with Crippen LogP contribution in [0.4, 0.5) is 0 Å². The van der Waals surface area contributed by atoms with Gasteiger partial charge in [0.25, 0.3) is 0 Å². The van der Waals surface area contributed by atoms with E-state index in [2.05, 4.69) is 6.92 Å². The van der Waals surface area contributed by atoms with Crippen LogP contribution in [0.15, 0.2) is 23.0 Å². The smallest absolute Gasteiger partial charge is 0.310 e. The van der Waals surface area contributed by atoms with Crippen molar-refractivity contribution in [2.24, 2.45) is 39.4 Å². The Morgan fingerprint density at radius 2 is 1.81 bits per heavy atom. The molecular formula is C32H42O10. The summed E-state index contributed by atoms with van der Waals surface area (Å²) in [7, 11) is 0. The monoisotopic (exact) mass is 586 g/mol. The molecule has 3 heterocycles. The van der Waals surface area contributed by atoms with Crippen molar-refractivity contribution in [2.75, 3.05) is 6.61 Å². The maximum Gasteiger partial charge on any atom is 0.310 e. The predicted molar refractivity (Wildman–Crippen MR) is 144 cm³/mol. The predicted octanol–water partition coefficient (Wildman–Crippen LogP) is 3.13. The molecular weight excluding hydrogens is 544 g/mol. The van der Waals surface area contributed by atoms with E-state index in [1.807, 2.05) is 19.9 Å². The minimum atomic E-state index is -1.12. The number of ketones is 1. The zero-order valence-corrected chi connectivity index (χ0v) is 25.1. The van der Waals surface area contributed by atoms with Crippen LogP contribution in [-0.2, 0) is 33.3 Å². The minimum Gasteiger partial charge on any atom is -0.472 e. The van der Waals surface area contributed by atoms with E-state index < -0.39 is 81.6 Å². The van der Waals surface area contributed by atoms with E-state index in [9.17, 15) is 24.6 Å². The van der Waals surface area contributed by atoms with Crippen LogP contribution in [0.1, 0.15) is 78.7 Å². The van der Waals surface area contributed by atoms with E-state index in [0.717, 1.165) is 5.56 Å². The van der Waals surface area contributed by atoms with Gasteiger partial charge in [0, 0.05) is 41.9 Å². The van der Waals surface area contributed by atoms with E-state index in [0.29, 0.717) is 6.42 Å². The topological polar surface area (TPSA) is 145 Å². The highest BCUT2D eigenvalue weighted by atomic mass is 16.7. The SMILES string of the molecule is CC(=O)O[C@@H]1C[C@H](O)[C@@]23CO[C@H](OC(=O)C(C)C)[C@]1(C)[C@@H]2C[C@@H](O)[C@]1(C)[C@@H]3C(=O)C[C@@]2(C)[C@H](c3ccoc3)C[C@H]3O[C@@]312. The molecule has 10 heteroatoms. The molecule has 2 aliphatic heterocycles. The summed E-state index contributed by atoms with van der Waals surface area (Å²) < 4.78 is 30.1. The molecule has 0 unspecified atom stereocenters. The van der Waals surface area contributed by atoms with Crippen LogP contribution in [-0.4, -0.2) is 70.8 Å². The Morgan fingerprint density at radius 3 is 2.45 bits per heavy atom. The number of esters is 2. The lowest BCUT2D eigenvalue weighted by Gasteiger charge is -2.72. The van der Waals surface area contributed by atoms with Crippen molar-refractivity contribution in [3.8, 4) is 0 Å². The molecule has 4 saturated carbocycles. The number of epoxide rings is 1. The zero-order chi connectivity index (χ0) is 30.2. The number of fused-ring (bicyclic) bond motifs is 1. The first-order valence-corrected chi connectivity index (χ1v) is 15.3. The molecule has 1 aromatic heterocycles. The fourth-order valence-electron chi connectivity index (χ4n) is 11.1. The first-order valence-electron chi connectivity index (χ1n) is 15.3. The highest BCUT2D eigenvalue weighted by Gasteiger charge is 2.90. The van der Waals surface area contributed by atoms with Gasteiger partial charge < -0.3 is 33.6 Å². The lowest BCUT2D eigenvalue weighted by Crippen LogP contribution is -2.80. The number of aliphatic hydroxyl groups is 2. The number of carbonyl (C=O) groups excluding carboxylic acids is 3. The summed E-state index contributed by atoms with van der Waals surface area (Å²) in [5.74, 6) is -2.75. The Kier molecular flexibility index (Phi) is 5.88. The van der Waals surface area contributed by atoms with E-state index in [-0.39, 0.29) is 43.7 Å². The Hall–Kier alpha value is -2.27. The van der Waals surface area contributed by atoms with Gasteiger partial charge in [-0.05, 0) is 43.2 Å². The molecule has 13 atom stereocenters. The lowest BCUT2D eigenvalue weighted by atomic mass is 9.33. The summed E-state index contributed by atoms with van der Waals surface area (Å²) in [6.45, 7) is 10.6. The van der Waals surface area contributed by atoms with Gasteiger partial charge >= 0.3 is 11.9 Å². The molecule has 42 heavy (non-hydrogen) atoms. The van der Waals surface area contributed by atoms with Crippen molar-refractivity contribution in [2.45, 2.75) is 109 Å². The maximum atomic E-state index is 14.7. The van der Waals surface area contributed by atoms with Gasteiger partial charge in [0.2, 0.25) is 6.29 Å². The normalized spacial score (nSPS) is 52.1. The highest BCUT2D eigenvalue weighted by molar-refractivity contribution is 5.87. The van der Waals surface area contributed by atoms with Crippen molar-refractivity contribution in [1.82, 2.24) is 0 Å². The van der Waals surface area contributed by atoms with Crippen LogP contribution < -0.4 is 0 Å². The van der Waals surface area contributed by atoms with E-state index in [1.165, 1.54) is 6.92 Å². The molecule has 7 rings (SSSR count). The summed E-state index contributed by atoms with van der Waals surface area (Å²) in [4.78, 5) is 39.8. The average molecular weight is 587 g/mol. The van der Waals surface area contributed by atoms with Gasteiger partial charge in [0.1, 0.15) is 17.5 Å². The third kappa shape index (κ3) is 3.07. The first kappa shape index (κ1) is 28.5. The van der Waals surface area contributed by atoms with Crippen LogP contribution in [0.3, 0.4) is 0 Å². The van der Waals surface area contributed by atoms with Gasteiger partial charge in [0.05, 0.1) is 48.8 Å². The number of furan rings is 1. The number of carbonyl (C=O) groups is 3. The van der Waals surface area contributed by atoms with Crippen molar-refractivity contribution in [3.63, 3.8) is 0 Å². The van der Waals surface area contributed by atoms with Crippen LogP contribution in [0.25, 0.3) is 0 Å². The number of Topliss-reactive ketones (excluding diaryl/α,β-unsaturated/α-hetero) is 1. The molecule has 6 fully saturated rings. The summed E-state index contributed by atoms with van der Waals surface area (Å²) in [6, 6.07) is 1.94. The van der Waals surface area contributed by atoms with Gasteiger partial charge in [-0.2, -0.15) is 0 Å². The minimum absolute atomic E-state index is 0.0245. The molecule has 6 aliphatic rings. The van der Waals surface area contributed by atoms with Gasteiger partial charge in [-0.3, -0.25) is 14.4 Å². The van der Waals surface area contributed by atoms with Crippen molar-refractivity contribution in [3.05, 3.63) is 24.2 Å². The maximum absolute atomic E-state index is 14.7. The van der Waals surface area contributed by atoms with Crippen molar-refractivity contribution in [1.29, 1.82) is 0 Å². The second-order valence-corrected chi connectivity index (χ2v) is 14.8. The molecule has 2 N–H and O–H groups in total. The molecule has 0 radical (unpaired) electrons. The van der Waals surface area contributed by atoms with Crippen molar-refractivity contribution < 1.29 is 48.0 Å². The summed E-state index contributed by atoms with van der Waals surface area (Å²) in [5.41, 5.74) is -3.57. The van der Waals surface area contributed by atoms with Crippen LogP contribution in [0.5, 0.6) is 0 Å². The second-order valence-electron chi connectivity index (χ2n) is 14.8. The molecule has 0 amide bonds. The summed E-state index contributed by atoms with van der Waals surface area (Å²) in [6.07, 6.45) is 0.474. The lowest BCUT2D eigenvalue weighted by molar-refractivity contribution is -0.372. The Bertz CT molecular complexity index is 1320. The third-order valence-electron chi connectivity index (χ3n) is 12.8. The van der Waals surface area contributed by atoms with E-state index in [1.54, 1.807) is 26.4 Å². The fourth-order valence-corrected chi connectivity index (χ4v) is 11.1. The molecule has 1 aromatic rings. The number of hydrogen-bond donors (Lipinski definition) is 2. The van der Waals surface area contributed by atoms with Crippen LogP contribution >= 0.6 is 0 Å². The Balaban J connectivity index is 1.36.